The molecule has 0 amide bonds. The standard InChI is InChI=1S/C30H33N3O2/c1-17-8-10-22(18(2)12-17)28-31-16-32-29(33-28)23-11-9-21(15-26(23)34)14-24-19(3)13-25(30(5,6)7)27(35)20(24)4/h8-13,15-16,34-35H,14H2,1-7H3. The third kappa shape index (κ3) is 4.90. The second-order valence-corrected chi connectivity index (χ2v) is 10.4. The van der Waals surface area contributed by atoms with Crippen molar-refractivity contribution in [1.82, 2.24) is 15.0 Å². The van der Waals surface area contributed by atoms with Crippen molar-refractivity contribution in [2.45, 2.75) is 60.3 Å². The maximum atomic E-state index is 10.9. The van der Waals surface area contributed by atoms with E-state index in [4.69, 9.17) is 0 Å². The fourth-order valence-corrected chi connectivity index (χ4v) is 4.56. The van der Waals surface area contributed by atoms with Crippen LogP contribution in [0.2, 0.25) is 0 Å². The van der Waals surface area contributed by atoms with Gasteiger partial charge in [0, 0.05) is 5.56 Å². The fraction of sp³-hybridized carbons (Fsp3) is 0.300. The Morgan fingerprint density at radius 2 is 1.43 bits per heavy atom. The number of phenolic OH excluding ortho intramolecular Hbond substituents is 2. The van der Waals surface area contributed by atoms with E-state index in [0.717, 1.165) is 38.9 Å². The molecule has 0 saturated heterocycles. The normalized spacial score (nSPS) is 11.6. The number of hydrogen-bond acceptors (Lipinski definition) is 5. The van der Waals surface area contributed by atoms with Gasteiger partial charge in [0.1, 0.15) is 17.8 Å². The zero-order chi connectivity index (χ0) is 25.5. The summed E-state index contributed by atoms with van der Waals surface area (Å²) in [7, 11) is 0. The van der Waals surface area contributed by atoms with Crippen LogP contribution in [-0.4, -0.2) is 25.2 Å². The second kappa shape index (κ2) is 9.14. The molecule has 5 nitrogen and oxygen atoms in total. The molecule has 3 aromatic carbocycles. The molecule has 35 heavy (non-hydrogen) atoms. The lowest BCUT2D eigenvalue weighted by atomic mass is 9.82. The first-order valence-electron chi connectivity index (χ1n) is 11.9. The molecule has 0 saturated carbocycles. The fourth-order valence-electron chi connectivity index (χ4n) is 4.56. The Kier molecular flexibility index (Phi) is 6.37. The van der Waals surface area contributed by atoms with Crippen LogP contribution in [0.5, 0.6) is 11.5 Å². The average molecular weight is 468 g/mol. The molecule has 0 atom stereocenters. The van der Waals surface area contributed by atoms with E-state index in [1.165, 1.54) is 11.9 Å². The maximum absolute atomic E-state index is 10.9. The minimum Gasteiger partial charge on any atom is -0.507 e. The highest BCUT2D eigenvalue weighted by Crippen LogP contribution is 2.38. The van der Waals surface area contributed by atoms with Crippen LogP contribution in [0, 0.1) is 27.7 Å². The second-order valence-electron chi connectivity index (χ2n) is 10.4. The molecular formula is C30H33N3O2. The lowest BCUT2D eigenvalue weighted by Crippen LogP contribution is -2.13. The van der Waals surface area contributed by atoms with Crippen molar-refractivity contribution in [3.63, 3.8) is 0 Å². The van der Waals surface area contributed by atoms with E-state index in [1.807, 2.05) is 38.1 Å². The van der Waals surface area contributed by atoms with Crippen LogP contribution in [-0.2, 0) is 11.8 Å². The molecule has 0 spiro atoms. The molecule has 4 aromatic rings. The lowest BCUT2D eigenvalue weighted by Gasteiger charge is -2.24. The third-order valence-corrected chi connectivity index (χ3v) is 6.59. The minimum atomic E-state index is -0.140. The summed E-state index contributed by atoms with van der Waals surface area (Å²) in [5, 5.41) is 21.7. The van der Waals surface area contributed by atoms with E-state index in [1.54, 1.807) is 6.07 Å². The maximum Gasteiger partial charge on any atom is 0.167 e. The summed E-state index contributed by atoms with van der Waals surface area (Å²) in [5.41, 5.74) is 8.61. The highest BCUT2D eigenvalue weighted by Gasteiger charge is 2.22. The van der Waals surface area contributed by atoms with Gasteiger partial charge < -0.3 is 10.2 Å². The molecule has 0 fully saturated rings. The van der Waals surface area contributed by atoms with Gasteiger partial charge in [0.15, 0.2) is 11.6 Å². The Morgan fingerprint density at radius 3 is 2.06 bits per heavy atom. The smallest absolute Gasteiger partial charge is 0.167 e. The molecule has 0 radical (unpaired) electrons. The number of phenols is 2. The number of aromatic hydroxyl groups is 2. The number of hydrogen-bond donors (Lipinski definition) is 2. The van der Waals surface area contributed by atoms with Crippen molar-refractivity contribution in [3.05, 3.63) is 87.7 Å². The molecule has 5 heteroatoms. The summed E-state index contributed by atoms with van der Waals surface area (Å²) in [6, 6.07) is 13.8. The van der Waals surface area contributed by atoms with E-state index in [-0.39, 0.29) is 11.2 Å². The predicted molar refractivity (Wildman–Crippen MR) is 141 cm³/mol. The van der Waals surface area contributed by atoms with Crippen LogP contribution in [0.1, 0.15) is 59.7 Å². The molecule has 0 unspecified atom stereocenters. The summed E-state index contributed by atoms with van der Waals surface area (Å²) < 4.78 is 0. The van der Waals surface area contributed by atoms with Gasteiger partial charge in [-0.15, -0.1) is 0 Å². The van der Waals surface area contributed by atoms with Crippen LogP contribution >= 0.6 is 0 Å². The van der Waals surface area contributed by atoms with Crippen molar-refractivity contribution < 1.29 is 10.2 Å². The van der Waals surface area contributed by atoms with Crippen molar-refractivity contribution >= 4 is 0 Å². The predicted octanol–water partition coefficient (Wildman–Crippen LogP) is 6.74. The van der Waals surface area contributed by atoms with E-state index >= 15 is 0 Å². The Balaban J connectivity index is 1.66. The van der Waals surface area contributed by atoms with E-state index in [0.29, 0.717) is 29.4 Å². The van der Waals surface area contributed by atoms with Gasteiger partial charge in [-0.1, -0.05) is 56.7 Å². The SMILES string of the molecule is Cc1ccc(-c2ncnc(-c3ccc(Cc4c(C)cc(C(C)(C)C)c(O)c4C)cc3O)n2)c(C)c1. The first kappa shape index (κ1) is 24.4. The lowest BCUT2D eigenvalue weighted by molar-refractivity contribution is 0.441. The molecule has 2 N–H and O–H groups in total. The van der Waals surface area contributed by atoms with Crippen molar-refractivity contribution in [2.24, 2.45) is 0 Å². The molecule has 0 bridgehead atoms. The van der Waals surface area contributed by atoms with Crippen molar-refractivity contribution in [3.8, 4) is 34.3 Å². The number of aryl methyl sites for hydroxylation is 3. The van der Waals surface area contributed by atoms with Gasteiger partial charge in [-0.3, -0.25) is 0 Å². The number of aromatic nitrogens is 3. The van der Waals surface area contributed by atoms with Gasteiger partial charge in [0.05, 0.1) is 5.56 Å². The largest absolute Gasteiger partial charge is 0.507 e. The molecule has 1 heterocycles. The Morgan fingerprint density at radius 1 is 0.771 bits per heavy atom. The minimum absolute atomic E-state index is 0.117. The first-order valence-corrected chi connectivity index (χ1v) is 11.9. The van der Waals surface area contributed by atoms with E-state index in [9.17, 15) is 10.2 Å². The molecule has 0 aliphatic carbocycles. The molecule has 180 valence electrons. The molecule has 1 aromatic heterocycles. The molecule has 0 aliphatic rings. The summed E-state index contributed by atoms with van der Waals surface area (Å²) in [6.45, 7) is 14.4. The van der Waals surface area contributed by atoms with Crippen molar-refractivity contribution in [1.29, 1.82) is 0 Å². The van der Waals surface area contributed by atoms with Gasteiger partial charge in [-0.05, 0) is 85.0 Å². The number of nitrogens with zero attached hydrogens (tertiary/aromatic N) is 3. The highest BCUT2D eigenvalue weighted by molar-refractivity contribution is 5.68. The Bertz CT molecular complexity index is 1420. The van der Waals surface area contributed by atoms with E-state index in [2.05, 4.69) is 61.7 Å². The van der Waals surface area contributed by atoms with Crippen LogP contribution in [0.3, 0.4) is 0 Å². The van der Waals surface area contributed by atoms with Gasteiger partial charge >= 0.3 is 0 Å². The zero-order valence-electron chi connectivity index (χ0n) is 21.6. The van der Waals surface area contributed by atoms with Gasteiger partial charge in [0.2, 0.25) is 0 Å². The topological polar surface area (TPSA) is 79.1 Å². The van der Waals surface area contributed by atoms with Crippen molar-refractivity contribution in [2.75, 3.05) is 0 Å². The first-order chi connectivity index (χ1) is 16.5. The van der Waals surface area contributed by atoms with Gasteiger partial charge in [-0.25, -0.2) is 15.0 Å². The van der Waals surface area contributed by atoms with Crippen LogP contribution in [0.25, 0.3) is 22.8 Å². The van der Waals surface area contributed by atoms with Crippen LogP contribution in [0.15, 0.2) is 48.8 Å². The molecular weight excluding hydrogens is 434 g/mol. The third-order valence-electron chi connectivity index (χ3n) is 6.59. The van der Waals surface area contributed by atoms with Gasteiger partial charge in [0.25, 0.3) is 0 Å². The molecule has 4 rings (SSSR count). The number of rotatable bonds is 4. The zero-order valence-corrected chi connectivity index (χ0v) is 21.6. The monoisotopic (exact) mass is 467 g/mol. The van der Waals surface area contributed by atoms with Gasteiger partial charge in [-0.2, -0.15) is 0 Å². The van der Waals surface area contributed by atoms with Crippen LogP contribution < -0.4 is 0 Å². The average Bonchev–Trinajstić information content (AvgIpc) is 2.78. The summed E-state index contributed by atoms with van der Waals surface area (Å²) in [4.78, 5) is 13.3. The summed E-state index contributed by atoms with van der Waals surface area (Å²) in [5.74, 6) is 1.48. The Labute approximate surface area is 207 Å². The molecule has 0 aliphatic heterocycles. The van der Waals surface area contributed by atoms with Crippen LogP contribution in [0.4, 0.5) is 0 Å². The highest BCUT2D eigenvalue weighted by atomic mass is 16.3. The quantitative estimate of drug-likeness (QED) is 0.347. The number of benzene rings is 3. The Hall–Kier alpha value is -3.73. The summed E-state index contributed by atoms with van der Waals surface area (Å²) >= 11 is 0. The summed E-state index contributed by atoms with van der Waals surface area (Å²) in [6.07, 6.45) is 2.09. The van der Waals surface area contributed by atoms with E-state index < -0.39 is 0 Å².